The van der Waals surface area contributed by atoms with E-state index in [-0.39, 0.29) is 5.69 Å². The van der Waals surface area contributed by atoms with Gasteiger partial charge in [0.05, 0.1) is 10.6 Å². The minimum Gasteiger partial charge on any atom is -0.338 e. The maximum Gasteiger partial charge on any atom is 0.417 e. The molecule has 104 valence electrons. The number of benzene rings is 1. The van der Waals surface area contributed by atoms with Crippen molar-refractivity contribution in [1.29, 1.82) is 0 Å². The first kappa shape index (κ1) is 14.0. The van der Waals surface area contributed by atoms with Crippen molar-refractivity contribution in [3.05, 3.63) is 28.8 Å². The summed E-state index contributed by atoms with van der Waals surface area (Å²) in [6.07, 6.45) is -2.38. The van der Waals surface area contributed by atoms with E-state index in [1.165, 1.54) is 6.07 Å². The Morgan fingerprint density at radius 2 is 2.05 bits per heavy atom. The summed E-state index contributed by atoms with van der Waals surface area (Å²) in [4.78, 5) is 11.5. The number of urea groups is 1. The highest BCUT2D eigenvalue weighted by Crippen LogP contribution is 2.36. The van der Waals surface area contributed by atoms with Gasteiger partial charge in [-0.1, -0.05) is 11.6 Å². The molecule has 0 unspecified atom stereocenters. The van der Waals surface area contributed by atoms with Crippen molar-refractivity contribution in [1.82, 2.24) is 5.32 Å². The fraction of sp³-hybridized carbons (Fsp3) is 0.417. The molecular weight excluding hydrogens is 281 g/mol. The zero-order valence-corrected chi connectivity index (χ0v) is 10.6. The third-order valence-electron chi connectivity index (χ3n) is 2.78. The lowest BCUT2D eigenvalue weighted by Gasteiger charge is -2.12. The second-order valence-corrected chi connectivity index (χ2v) is 4.88. The number of hydrogen-bond acceptors (Lipinski definition) is 1. The maximum absolute atomic E-state index is 12.6. The minimum absolute atomic E-state index is 0.0602. The Morgan fingerprint density at radius 1 is 1.37 bits per heavy atom. The Kier molecular flexibility index (Phi) is 3.89. The molecule has 1 aliphatic carbocycles. The van der Waals surface area contributed by atoms with Crippen molar-refractivity contribution in [2.24, 2.45) is 5.92 Å². The summed E-state index contributed by atoms with van der Waals surface area (Å²) in [7, 11) is 0. The third-order valence-corrected chi connectivity index (χ3v) is 3.11. The van der Waals surface area contributed by atoms with Crippen LogP contribution in [-0.2, 0) is 6.18 Å². The Balaban J connectivity index is 2.01. The van der Waals surface area contributed by atoms with Gasteiger partial charge in [-0.15, -0.1) is 0 Å². The Morgan fingerprint density at radius 3 is 2.63 bits per heavy atom. The number of carbonyl (C=O) groups is 1. The topological polar surface area (TPSA) is 41.1 Å². The summed E-state index contributed by atoms with van der Waals surface area (Å²) in [5.41, 5.74) is -0.904. The number of carbonyl (C=O) groups excluding carboxylic acids is 1. The van der Waals surface area contributed by atoms with Gasteiger partial charge < -0.3 is 10.6 Å². The molecule has 0 radical (unpaired) electrons. The number of amides is 2. The SMILES string of the molecule is O=C(NCC1CC1)Nc1ccc(Cl)c(C(F)(F)F)c1. The molecule has 1 aromatic rings. The van der Waals surface area contributed by atoms with E-state index in [1.807, 2.05) is 0 Å². The molecule has 0 atom stereocenters. The molecule has 0 aliphatic heterocycles. The molecule has 0 heterocycles. The second kappa shape index (κ2) is 5.28. The molecule has 7 heteroatoms. The number of halogens is 4. The first-order valence-corrected chi connectivity index (χ1v) is 6.15. The Labute approximate surface area is 113 Å². The second-order valence-electron chi connectivity index (χ2n) is 4.47. The van der Waals surface area contributed by atoms with Gasteiger partial charge in [0.1, 0.15) is 0 Å². The van der Waals surface area contributed by atoms with Crippen LogP contribution in [0.15, 0.2) is 18.2 Å². The summed E-state index contributed by atoms with van der Waals surface area (Å²) >= 11 is 5.48. The standard InChI is InChI=1S/C12H12ClF3N2O/c13-10-4-3-8(5-9(10)12(14,15)16)18-11(19)17-6-7-1-2-7/h3-5,7H,1-2,6H2,(H2,17,18,19). The smallest absolute Gasteiger partial charge is 0.338 e. The normalized spacial score (nSPS) is 15.2. The van der Waals surface area contributed by atoms with Crippen LogP contribution < -0.4 is 10.6 Å². The summed E-state index contributed by atoms with van der Waals surface area (Å²) < 4.78 is 37.8. The van der Waals surface area contributed by atoms with Crippen LogP contribution >= 0.6 is 11.6 Å². The molecule has 0 spiro atoms. The van der Waals surface area contributed by atoms with E-state index in [0.29, 0.717) is 12.5 Å². The van der Waals surface area contributed by atoms with Crippen molar-refractivity contribution >= 4 is 23.3 Å². The van der Waals surface area contributed by atoms with Gasteiger partial charge in [0.2, 0.25) is 0 Å². The van der Waals surface area contributed by atoms with Crippen molar-refractivity contribution in [3.8, 4) is 0 Å². The largest absolute Gasteiger partial charge is 0.417 e. The van der Waals surface area contributed by atoms with Gasteiger partial charge in [-0.2, -0.15) is 13.2 Å². The zero-order valence-electron chi connectivity index (χ0n) is 9.85. The van der Waals surface area contributed by atoms with Gasteiger partial charge in [0.15, 0.2) is 0 Å². The predicted octanol–water partition coefficient (Wildman–Crippen LogP) is 3.89. The van der Waals surface area contributed by atoms with E-state index in [1.54, 1.807) is 0 Å². The van der Waals surface area contributed by atoms with E-state index in [0.717, 1.165) is 25.0 Å². The highest BCUT2D eigenvalue weighted by atomic mass is 35.5. The molecule has 1 aromatic carbocycles. The molecule has 19 heavy (non-hydrogen) atoms. The van der Waals surface area contributed by atoms with E-state index in [9.17, 15) is 18.0 Å². The summed E-state index contributed by atoms with van der Waals surface area (Å²) in [6, 6.07) is 2.75. The van der Waals surface area contributed by atoms with Gasteiger partial charge in [-0.3, -0.25) is 0 Å². The predicted molar refractivity (Wildman–Crippen MR) is 66.2 cm³/mol. The third kappa shape index (κ3) is 4.02. The molecule has 0 aromatic heterocycles. The fourth-order valence-electron chi connectivity index (χ4n) is 1.55. The Bertz CT molecular complexity index is 486. The molecule has 1 fully saturated rings. The minimum atomic E-state index is -4.54. The lowest BCUT2D eigenvalue weighted by Crippen LogP contribution is -2.30. The van der Waals surface area contributed by atoms with Crippen LogP contribution in [0, 0.1) is 5.92 Å². The van der Waals surface area contributed by atoms with Gasteiger partial charge >= 0.3 is 12.2 Å². The molecule has 1 saturated carbocycles. The number of hydrogen-bond donors (Lipinski definition) is 2. The van der Waals surface area contributed by atoms with Crippen molar-refractivity contribution in [2.45, 2.75) is 19.0 Å². The van der Waals surface area contributed by atoms with E-state index >= 15 is 0 Å². The molecule has 2 N–H and O–H groups in total. The molecule has 0 bridgehead atoms. The quantitative estimate of drug-likeness (QED) is 0.872. The molecule has 0 saturated heterocycles. The zero-order chi connectivity index (χ0) is 14.0. The van der Waals surface area contributed by atoms with Crippen molar-refractivity contribution in [3.63, 3.8) is 0 Å². The number of nitrogens with one attached hydrogen (secondary N) is 2. The summed E-state index contributed by atoms with van der Waals surface area (Å²) in [6.45, 7) is 0.547. The molecule has 1 aliphatic rings. The molecular formula is C12H12ClF3N2O. The number of alkyl halides is 3. The first-order valence-electron chi connectivity index (χ1n) is 5.78. The molecule has 2 rings (SSSR count). The van der Waals surface area contributed by atoms with E-state index in [4.69, 9.17) is 11.6 Å². The van der Waals surface area contributed by atoms with Crippen LogP contribution in [0.3, 0.4) is 0 Å². The summed E-state index contributed by atoms with van der Waals surface area (Å²) in [5.74, 6) is 0.502. The average Bonchev–Trinajstić information content (AvgIpc) is 3.11. The van der Waals surface area contributed by atoms with Crippen LogP contribution in [0.2, 0.25) is 5.02 Å². The lowest BCUT2D eigenvalue weighted by atomic mass is 10.2. The number of rotatable bonds is 3. The molecule has 3 nitrogen and oxygen atoms in total. The highest BCUT2D eigenvalue weighted by molar-refractivity contribution is 6.31. The highest BCUT2D eigenvalue weighted by Gasteiger charge is 2.33. The Hall–Kier alpha value is -1.43. The van der Waals surface area contributed by atoms with Crippen LogP contribution in [0.4, 0.5) is 23.7 Å². The van der Waals surface area contributed by atoms with Crippen LogP contribution in [0.25, 0.3) is 0 Å². The fourth-order valence-corrected chi connectivity index (χ4v) is 1.78. The van der Waals surface area contributed by atoms with Crippen molar-refractivity contribution in [2.75, 3.05) is 11.9 Å². The molecule has 2 amide bonds. The summed E-state index contributed by atoms with van der Waals surface area (Å²) in [5, 5.41) is 4.57. The van der Waals surface area contributed by atoms with Gasteiger partial charge in [-0.05, 0) is 37.0 Å². The van der Waals surface area contributed by atoms with Gasteiger partial charge in [-0.25, -0.2) is 4.79 Å². The average molecular weight is 293 g/mol. The monoisotopic (exact) mass is 292 g/mol. The van der Waals surface area contributed by atoms with Crippen molar-refractivity contribution < 1.29 is 18.0 Å². The van der Waals surface area contributed by atoms with Crippen LogP contribution in [0.5, 0.6) is 0 Å². The van der Waals surface area contributed by atoms with Crippen LogP contribution in [0.1, 0.15) is 18.4 Å². The van der Waals surface area contributed by atoms with Gasteiger partial charge in [0, 0.05) is 12.2 Å². The first-order chi connectivity index (χ1) is 8.86. The van der Waals surface area contributed by atoms with E-state index in [2.05, 4.69) is 10.6 Å². The maximum atomic E-state index is 12.6. The van der Waals surface area contributed by atoms with Crippen LogP contribution in [-0.4, -0.2) is 12.6 Å². The van der Waals surface area contributed by atoms with Gasteiger partial charge in [0.25, 0.3) is 0 Å². The lowest BCUT2D eigenvalue weighted by molar-refractivity contribution is -0.137. The van der Waals surface area contributed by atoms with E-state index < -0.39 is 22.8 Å². The number of anilines is 1.